The number of para-hydroxylation sites is 1. The molecule has 1 rings (SSSR count). The summed E-state index contributed by atoms with van der Waals surface area (Å²) in [4.78, 5) is 11.7. The molecular weight excluding hydrogens is 254 g/mol. The first-order valence-electron chi connectivity index (χ1n) is 7.36. The number of hydrogen-bond acceptors (Lipinski definition) is 3. The van der Waals surface area contributed by atoms with E-state index in [1.165, 1.54) is 0 Å². The van der Waals surface area contributed by atoms with Gasteiger partial charge in [-0.25, -0.2) is 0 Å². The van der Waals surface area contributed by atoms with Crippen LogP contribution in [0.4, 0.5) is 0 Å². The van der Waals surface area contributed by atoms with Crippen LogP contribution in [0.15, 0.2) is 24.3 Å². The van der Waals surface area contributed by atoms with Gasteiger partial charge in [0, 0.05) is 19.6 Å². The normalized spacial score (nSPS) is 10.3. The summed E-state index contributed by atoms with van der Waals surface area (Å²) in [5, 5.41) is 11.6. The fourth-order valence-electron chi connectivity index (χ4n) is 1.98. The Hall–Kier alpha value is -1.55. The van der Waals surface area contributed by atoms with Crippen molar-refractivity contribution in [3.63, 3.8) is 0 Å². The summed E-state index contributed by atoms with van der Waals surface area (Å²) in [6, 6.07) is 7.84. The van der Waals surface area contributed by atoms with Crippen molar-refractivity contribution in [3.8, 4) is 5.75 Å². The average Bonchev–Trinajstić information content (AvgIpc) is 2.46. The minimum absolute atomic E-state index is 0.0697. The lowest BCUT2D eigenvalue weighted by molar-refractivity contribution is -0.121. The maximum absolute atomic E-state index is 11.7. The first-order chi connectivity index (χ1) is 9.77. The smallest absolute Gasteiger partial charge is 0.220 e. The van der Waals surface area contributed by atoms with Gasteiger partial charge in [0.05, 0.1) is 6.61 Å². The number of rotatable bonds is 10. The molecule has 0 spiro atoms. The van der Waals surface area contributed by atoms with Gasteiger partial charge in [-0.3, -0.25) is 4.79 Å². The van der Waals surface area contributed by atoms with Gasteiger partial charge < -0.3 is 15.2 Å². The molecule has 0 saturated carbocycles. The molecule has 0 radical (unpaired) electrons. The maximum atomic E-state index is 11.7. The number of hydrogen-bond donors (Lipinski definition) is 2. The van der Waals surface area contributed by atoms with Crippen molar-refractivity contribution in [2.45, 2.75) is 39.0 Å². The van der Waals surface area contributed by atoms with Crippen molar-refractivity contribution in [1.82, 2.24) is 5.32 Å². The summed E-state index contributed by atoms with van der Waals surface area (Å²) in [6.07, 6.45) is 3.84. The minimum atomic E-state index is 0.0697. The third-order valence-corrected chi connectivity index (χ3v) is 3.05. The molecule has 0 aromatic heterocycles. The number of aryl methyl sites for hydroxylation is 1. The fraction of sp³-hybridized carbons (Fsp3) is 0.562. The second-order valence-corrected chi connectivity index (χ2v) is 4.67. The van der Waals surface area contributed by atoms with E-state index in [9.17, 15) is 4.79 Å². The molecule has 0 aliphatic heterocycles. The number of nitrogens with one attached hydrogen (secondary N) is 1. The fourth-order valence-corrected chi connectivity index (χ4v) is 1.98. The Labute approximate surface area is 121 Å². The lowest BCUT2D eigenvalue weighted by Crippen LogP contribution is -2.24. The van der Waals surface area contributed by atoms with Crippen molar-refractivity contribution in [3.05, 3.63) is 29.8 Å². The quantitative estimate of drug-likeness (QED) is 0.646. The Morgan fingerprint density at radius 2 is 2.05 bits per heavy atom. The van der Waals surface area contributed by atoms with E-state index < -0.39 is 0 Å². The van der Waals surface area contributed by atoms with Crippen LogP contribution >= 0.6 is 0 Å². The number of aliphatic hydroxyl groups is 1. The largest absolute Gasteiger partial charge is 0.494 e. The lowest BCUT2D eigenvalue weighted by atomic mass is 10.1. The molecule has 4 heteroatoms. The topological polar surface area (TPSA) is 58.6 Å². The predicted molar refractivity (Wildman–Crippen MR) is 79.9 cm³/mol. The monoisotopic (exact) mass is 279 g/mol. The zero-order chi connectivity index (χ0) is 14.6. The van der Waals surface area contributed by atoms with Gasteiger partial charge in [0.2, 0.25) is 5.91 Å². The molecule has 0 unspecified atom stereocenters. The molecule has 0 atom stereocenters. The number of aliphatic hydroxyl groups excluding tert-OH is 1. The molecule has 112 valence electrons. The van der Waals surface area contributed by atoms with Crippen LogP contribution in [0.3, 0.4) is 0 Å². The van der Waals surface area contributed by atoms with E-state index in [1.54, 1.807) is 0 Å². The summed E-state index contributed by atoms with van der Waals surface area (Å²) in [5.41, 5.74) is 1.07. The maximum Gasteiger partial charge on any atom is 0.220 e. The van der Waals surface area contributed by atoms with Gasteiger partial charge >= 0.3 is 0 Å². The molecule has 0 bridgehead atoms. The highest BCUT2D eigenvalue weighted by Gasteiger charge is 2.06. The number of amides is 1. The van der Waals surface area contributed by atoms with Crippen LogP contribution in [-0.2, 0) is 11.2 Å². The Bertz CT molecular complexity index is 393. The van der Waals surface area contributed by atoms with Crippen LogP contribution in [0.2, 0.25) is 0 Å². The Kier molecular flexibility index (Phi) is 8.47. The number of benzene rings is 1. The number of ether oxygens (including phenoxy) is 1. The summed E-state index contributed by atoms with van der Waals surface area (Å²) >= 11 is 0. The SMILES string of the molecule is CCOc1ccccc1CCC(=O)NCCCCCO. The third kappa shape index (κ3) is 6.57. The summed E-state index contributed by atoms with van der Waals surface area (Å²) < 4.78 is 5.54. The van der Waals surface area contributed by atoms with Crippen molar-refractivity contribution in [2.75, 3.05) is 19.8 Å². The van der Waals surface area contributed by atoms with E-state index in [1.807, 2.05) is 31.2 Å². The van der Waals surface area contributed by atoms with E-state index in [-0.39, 0.29) is 12.5 Å². The standard InChI is InChI=1S/C16H25NO3/c1-2-20-15-9-5-4-8-14(15)10-11-16(19)17-12-6-3-7-13-18/h4-5,8-9,18H,2-3,6-7,10-13H2,1H3,(H,17,19). The van der Waals surface area contributed by atoms with Gasteiger partial charge in [-0.2, -0.15) is 0 Å². The van der Waals surface area contributed by atoms with Crippen LogP contribution in [0.5, 0.6) is 5.75 Å². The molecule has 20 heavy (non-hydrogen) atoms. The van der Waals surface area contributed by atoms with Crippen molar-refractivity contribution >= 4 is 5.91 Å². The summed E-state index contributed by atoms with van der Waals surface area (Å²) in [6.45, 7) is 3.50. The van der Waals surface area contributed by atoms with Crippen LogP contribution in [-0.4, -0.2) is 30.8 Å². The number of unbranched alkanes of at least 4 members (excludes halogenated alkanes) is 2. The van der Waals surface area contributed by atoms with Crippen molar-refractivity contribution < 1.29 is 14.6 Å². The second kappa shape index (κ2) is 10.3. The highest BCUT2D eigenvalue weighted by Crippen LogP contribution is 2.19. The van der Waals surface area contributed by atoms with Gasteiger partial charge in [-0.15, -0.1) is 0 Å². The van der Waals surface area contributed by atoms with E-state index in [0.717, 1.165) is 30.6 Å². The zero-order valence-electron chi connectivity index (χ0n) is 12.2. The second-order valence-electron chi connectivity index (χ2n) is 4.67. The average molecular weight is 279 g/mol. The number of carbonyl (C=O) groups excluding carboxylic acids is 1. The number of carbonyl (C=O) groups is 1. The predicted octanol–water partition coefficient (Wildman–Crippen LogP) is 2.30. The van der Waals surface area contributed by atoms with Gasteiger partial charge in [0.25, 0.3) is 0 Å². The molecule has 0 heterocycles. The van der Waals surface area contributed by atoms with Crippen LogP contribution in [0.25, 0.3) is 0 Å². The van der Waals surface area contributed by atoms with E-state index in [4.69, 9.17) is 9.84 Å². The van der Waals surface area contributed by atoms with Gasteiger partial charge in [-0.1, -0.05) is 18.2 Å². The Morgan fingerprint density at radius 1 is 1.25 bits per heavy atom. The van der Waals surface area contributed by atoms with Gasteiger partial charge in [0.15, 0.2) is 0 Å². The molecule has 1 amide bonds. The van der Waals surface area contributed by atoms with E-state index in [0.29, 0.717) is 26.0 Å². The summed E-state index contributed by atoms with van der Waals surface area (Å²) in [7, 11) is 0. The van der Waals surface area contributed by atoms with Crippen LogP contribution < -0.4 is 10.1 Å². The molecule has 1 aromatic carbocycles. The van der Waals surface area contributed by atoms with Crippen molar-refractivity contribution in [1.29, 1.82) is 0 Å². The van der Waals surface area contributed by atoms with Crippen molar-refractivity contribution in [2.24, 2.45) is 0 Å². The summed E-state index contributed by atoms with van der Waals surface area (Å²) in [5.74, 6) is 0.936. The minimum Gasteiger partial charge on any atom is -0.494 e. The highest BCUT2D eigenvalue weighted by molar-refractivity contribution is 5.76. The van der Waals surface area contributed by atoms with E-state index >= 15 is 0 Å². The highest BCUT2D eigenvalue weighted by atomic mass is 16.5. The molecule has 0 aliphatic carbocycles. The molecule has 0 saturated heterocycles. The molecular formula is C16H25NO3. The third-order valence-electron chi connectivity index (χ3n) is 3.05. The van der Waals surface area contributed by atoms with Crippen LogP contribution in [0, 0.1) is 0 Å². The van der Waals surface area contributed by atoms with Gasteiger partial charge in [0.1, 0.15) is 5.75 Å². The van der Waals surface area contributed by atoms with Crippen LogP contribution in [0.1, 0.15) is 38.2 Å². The first kappa shape index (κ1) is 16.5. The molecule has 1 aromatic rings. The lowest BCUT2D eigenvalue weighted by Gasteiger charge is -2.10. The van der Waals surface area contributed by atoms with E-state index in [2.05, 4.69) is 5.32 Å². The Balaban J connectivity index is 2.26. The zero-order valence-corrected chi connectivity index (χ0v) is 12.2. The molecule has 0 fully saturated rings. The first-order valence-corrected chi connectivity index (χ1v) is 7.36. The molecule has 2 N–H and O–H groups in total. The van der Waals surface area contributed by atoms with Gasteiger partial charge in [-0.05, 0) is 44.2 Å². The molecule has 4 nitrogen and oxygen atoms in total. The molecule has 0 aliphatic rings. The Morgan fingerprint density at radius 3 is 2.80 bits per heavy atom.